The van der Waals surface area contributed by atoms with E-state index in [1.807, 2.05) is 7.05 Å². The summed E-state index contributed by atoms with van der Waals surface area (Å²) < 4.78 is 0. The molecule has 15 heavy (non-hydrogen) atoms. The first-order valence-corrected chi connectivity index (χ1v) is 5.56. The zero-order chi connectivity index (χ0) is 11.3. The number of benzene rings is 1. The minimum Gasteiger partial charge on any atom is -0.319 e. The summed E-state index contributed by atoms with van der Waals surface area (Å²) in [7, 11) is 2.00. The van der Waals surface area contributed by atoms with Crippen LogP contribution in [-0.4, -0.2) is 13.6 Å². The lowest BCUT2D eigenvalue weighted by Gasteiger charge is -2.11. The Bertz CT molecular complexity index is 350. The van der Waals surface area contributed by atoms with Gasteiger partial charge in [0.05, 0.1) is 0 Å². The van der Waals surface area contributed by atoms with Gasteiger partial charge in [-0.3, -0.25) is 0 Å². The van der Waals surface area contributed by atoms with Crippen molar-refractivity contribution in [2.24, 2.45) is 0 Å². The molecule has 1 aromatic rings. The van der Waals surface area contributed by atoms with Crippen molar-refractivity contribution in [3.63, 3.8) is 0 Å². The lowest BCUT2D eigenvalue weighted by molar-refractivity contribution is 0.814. The van der Waals surface area contributed by atoms with Gasteiger partial charge < -0.3 is 5.32 Å². The fourth-order valence-electron chi connectivity index (χ4n) is 1.78. The van der Waals surface area contributed by atoms with E-state index in [1.54, 1.807) is 0 Å². The maximum absolute atomic E-state index is 3.20. The summed E-state index contributed by atoms with van der Waals surface area (Å²) in [5.41, 5.74) is 5.53. The van der Waals surface area contributed by atoms with Crippen LogP contribution in [0.5, 0.6) is 0 Å². The zero-order valence-electron chi connectivity index (χ0n) is 10.2. The molecule has 0 amide bonds. The molecule has 0 aromatic heterocycles. The highest BCUT2D eigenvalue weighted by atomic mass is 14.8. The highest BCUT2D eigenvalue weighted by Crippen LogP contribution is 2.22. The minimum atomic E-state index is 1.03. The van der Waals surface area contributed by atoms with Crippen LogP contribution in [0.15, 0.2) is 24.3 Å². The molecule has 0 unspecified atom stereocenters. The van der Waals surface area contributed by atoms with E-state index in [-0.39, 0.29) is 0 Å². The first-order chi connectivity index (χ1) is 7.19. The van der Waals surface area contributed by atoms with Gasteiger partial charge in [-0.25, -0.2) is 0 Å². The Morgan fingerprint density at radius 3 is 2.67 bits per heavy atom. The van der Waals surface area contributed by atoms with Crippen LogP contribution >= 0.6 is 0 Å². The highest BCUT2D eigenvalue weighted by molar-refractivity contribution is 5.68. The molecule has 1 N–H and O–H groups in total. The van der Waals surface area contributed by atoms with Crippen LogP contribution in [0, 0.1) is 13.8 Å². The fourth-order valence-corrected chi connectivity index (χ4v) is 1.78. The predicted molar refractivity (Wildman–Crippen MR) is 68.1 cm³/mol. The van der Waals surface area contributed by atoms with Gasteiger partial charge in [0.15, 0.2) is 0 Å². The zero-order valence-corrected chi connectivity index (χ0v) is 10.2. The molecule has 1 rings (SSSR count). The second kappa shape index (κ2) is 5.72. The molecule has 0 saturated carbocycles. The Kier molecular flexibility index (Phi) is 4.57. The van der Waals surface area contributed by atoms with Gasteiger partial charge in [-0.15, -0.1) is 0 Å². The van der Waals surface area contributed by atoms with Crippen molar-refractivity contribution in [3.05, 3.63) is 41.0 Å². The van der Waals surface area contributed by atoms with Crippen LogP contribution in [0.3, 0.4) is 0 Å². The fraction of sp³-hybridized carbons (Fsp3) is 0.429. The van der Waals surface area contributed by atoms with Crippen molar-refractivity contribution in [1.82, 2.24) is 5.32 Å². The SMILES string of the molecule is C/C=C(/CCNC)c1cc(C)ccc1C. The molecule has 1 heteroatoms. The number of aryl methyl sites for hydroxylation is 2. The van der Waals surface area contributed by atoms with Crippen molar-refractivity contribution < 1.29 is 0 Å². The number of nitrogens with one attached hydrogen (secondary N) is 1. The summed E-state index contributed by atoms with van der Waals surface area (Å²) in [4.78, 5) is 0. The van der Waals surface area contributed by atoms with Crippen molar-refractivity contribution >= 4 is 5.57 Å². The maximum Gasteiger partial charge on any atom is -0.00113 e. The van der Waals surface area contributed by atoms with Gasteiger partial charge >= 0.3 is 0 Å². The molecule has 0 fully saturated rings. The standard InChI is InChI=1S/C14H21N/c1-5-13(8-9-15-4)14-10-11(2)6-7-12(14)3/h5-7,10,15H,8-9H2,1-4H3/b13-5-. The van der Waals surface area contributed by atoms with Crippen LogP contribution in [0.4, 0.5) is 0 Å². The van der Waals surface area contributed by atoms with Crippen LogP contribution in [0.2, 0.25) is 0 Å². The van der Waals surface area contributed by atoms with Crippen molar-refractivity contribution in [2.45, 2.75) is 27.2 Å². The van der Waals surface area contributed by atoms with Gasteiger partial charge in [-0.1, -0.05) is 29.8 Å². The van der Waals surface area contributed by atoms with Gasteiger partial charge in [0, 0.05) is 0 Å². The molecular formula is C14H21N. The molecule has 0 aliphatic rings. The van der Waals surface area contributed by atoms with E-state index in [9.17, 15) is 0 Å². The Labute approximate surface area is 93.2 Å². The van der Waals surface area contributed by atoms with E-state index < -0.39 is 0 Å². The van der Waals surface area contributed by atoms with E-state index in [0.717, 1.165) is 13.0 Å². The highest BCUT2D eigenvalue weighted by Gasteiger charge is 2.03. The lowest BCUT2D eigenvalue weighted by Crippen LogP contribution is -2.08. The molecule has 82 valence electrons. The molecular weight excluding hydrogens is 182 g/mol. The molecule has 0 spiro atoms. The van der Waals surface area contributed by atoms with Crippen molar-refractivity contribution in [3.8, 4) is 0 Å². The molecule has 0 saturated heterocycles. The Hall–Kier alpha value is -1.08. The Morgan fingerprint density at radius 2 is 2.07 bits per heavy atom. The second-order valence-electron chi connectivity index (χ2n) is 3.99. The molecule has 1 nitrogen and oxygen atoms in total. The van der Waals surface area contributed by atoms with Crippen LogP contribution < -0.4 is 5.32 Å². The van der Waals surface area contributed by atoms with Gasteiger partial charge in [-0.2, -0.15) is 0 Å². The van der Waals surface area contributed by atoms with Gasteiger partial charge in [0.1, 0.15) is 0 Å². The molecule has 0 aliphatic heterocycles. The third-order valence-electron chi connectivity index (χ3n) is 2.73. The minimum absolute atomic E-state index is 1.03. The van der Waals surface area contributed by atoms with E-state index in [2.05, 4.69) is 50.4 Å². The second-order valence-corrected chi connectivity index (χ2v) is 3.99. The summed E-state index contributed by atoms with van der Waals surface area (Å²) in [6.45, 7) is 7.48. The summed E-state index contributed by atoms with van der Waals surface area (Å²) in [6.07, 6.45) is 3.32. The molecule has 0 aliphatic carbocycles. The van der Waals surface area contributed by atoms with Crippen LogP contribution in [-0.2, 0) is 0 Å². The number of allylic oxidation sites excluding steroid dienone is 1. The predicted octanol–water partition coefficient (Wildman–Crippen LogP) is 3.32. The number of rotatable bonds is 4. The van der Waals surface area contributed by atoms with Crippen molar-refractivity contribution in [2.75, 3.05) is 13.6 Å². The van der Waals surface area contributed by atoms with Gasteiger partial charge in [0.25, 0.3) is 0 Å². The summed E-state index contributed by atoms with van der Waals surface area (Å²) in [5, 5.41) is 3.20. The first kappa shape index (κ1) is 12.0. The number of hydrogen-bond donors (Lipinski definition) is 1. The smallest absolute Gasteiger partial charge is 0.00113 e. The topological polar surface area (TPSA) is 12.0 Å². The molecule has 0 radical (unpaired) electrons. The average Bonchev–Trinajstić information content (AvgIpc) is 2.24. The van der Waals surface area contributed by atoms with E-state index in [4.69, 9.17) is 0 Å². The van der Waals surface area contributed by atoms with E-state index in [0.29, 0.717) is 0 Å². The van der Waals surface area contributed by atoms with Crippen LogP contribution in [0.25, 0.3) is 5.57 Å². The third-order valence-corrected chi connectivity index (χ3v) is 2.73. The summed E-state index contributed by atoms with van der Waals surface area (Å²) in [5.74, 6) is 0. The largest absolute Gasteiger partial charge is 0.319 e. The summed E-state index contributed by atoms with van der Waals surface area (Å²) in [6, 6.07) is 6.65. The van der Waals surface area contributed by atoms with E-state index in [1.165, 1.54) is 22.3 Å². The van der Waals surface area contributed by atoms with Crippen molar-refractivity contribution in [1.29, 1.82) is 0 Å². The molecule has 0 atom stereocenters. The number of hydrogen-bond acceptors (Lipinski definition) is 1. The molecule has 0 bridgehead atoms. The maximum atomic E-state index is 3.20. The quantitative estimate of drug-likeness (QED) is 0.791. The Morgan fingerprint density at radius 1 is 1.33 bits per heavy atom. The molecule has 0 heterocycles. The first-order valence-electron chi connectivity index (χ1n) is 5.56. The van der Waals surface area contributed by atoms with Crippen LogP contribution in [0.1, 0.15) is 30.0 Å². The van der Waals surface area contributed by atoms with E-state index >= 15 is 0 Å². The monoisotopic (exact) mass is 203 g/mol. The third kappa shape index (κ3) is 3.21. The Balaban J connectivity index is 2.96. The lowest BCUT2D eigenvalue weighted by atomic mass is 9.96. The normalized spacial score (nSPS) is 11.9. The van der Waals surface area contributed by atoms with Gasteiger partial charge in [-0.05, 0) is 57.5 Å². The summed E-state index contributed by atoms with van der Waals surface area (Å²) >= 11 is 0. The molecule has 1 aromatic carbocycles. The average molecular weight is 203 g/mol. The van der Waals surface area contributed by atoms with Gasteiger partial charge in [0.2, 0.25) is 0 Å².